The van der Waals surface area contributed by atoms with Crippen LogP contribution in [0.15, 0.2) is 30.9 Å². The van der Waals surface area contributed by atoms with Crippen molar-refractivity contribution in [3.63, 3.8) is 0 Å². The van der Waals surface area contributed by atoms with Crippen LogP contribution in [0, 0.1) is 18.3 Å². The quantitative estimate of drug-likeness (QED) is 0.340. The van der Waals surface area contributed by atoms with Crippen LogP contribution in [0.5, 0.6) is 5.88 Å². The van der Waals surface area contributed by atoms with Gasteiger partial charge >= 0.3 is 0 Å². The van der Waals surface area contributed by atoms with Gasteiger partial charge in [0.2, 0.25) is 15.9 Å². The molecule has 180 valence electrons. The van der Waals surface area contributed by atoms with E-state index in [4.69, 9.17) is 15.5 Å². The molecule has 1 atom stereocenters. The first-order chi connectivity index (χ1) is 16.6. The number of pyridine rings is 1. The number of nitrogen functional groups attached to an aromatic ring is 1. The van der Waals surface area contributed by atoms with Crippen LogP contribution in [0.3, 0.4) is 0 Å². The third-order valence-electron chi connectivity index (χ3n) is 5.07. The van der Waals surface area contributed by atoms with Crippen molar-refractivity contribution in [2.24, 2.45) is 0 Å². The molecular weight excluding hydrogens is 472 g/mol. The Labute approximate surface area is 201 Å². The molecule has 0 saturated carbocycles. The molecule has 35 heavy (non-hydrogen) atoms. The van der Waals surface area contributed by atoms with Crippen molar-refractivity contribution in [3.8, 4) is 23.2 Å². The van der Waals surface area contributed by atoms with E-state index in [9.17, 15) is 13.7 Å². The summed E-state index contributed by atoms with van der Waals surface area (Å²) in [5.41, 5.74) is 8.80. The summed E-state index contributed by atoms with van der Waals surface area (Å²) in [6, 6.07) is 5.00. The molecule has 4 N–H and O–H groups in total. The van der Waals surface area contributed by atoms with Crippen molar-refractivity contribution >= 4 is 32.9 Å². The number of aromatic nitrogens is 6. The summed E-state index contributed by atoms with van der Waals surface area (Å²) < 4.78 is 33.0. The molecule has 0 spiro atoms. The van der Waals surface area contributed by atoms with Gasteiger partial charge in [-0.05, 0) is 31.5 Å². The molecule has 4 aromatic rings. The minimum Gasteiger partial charge on any atom is -0.480 e. The zero-order valence-electron chi connectivity index (χ0n) is 19.3. The number of hydrogen-bond acceptors (Lipinski definition) is 11. The fourth-order valence-electron chi connectivity index (χ4n) is 3.49. The zero-order chi connectivity index (χ0) is 25.3. The van der Waals surface area contributed by atoms with Crippen LogP contribution in [0.25, 0.3) is 16.8 Å². The summed E-state index contributed by atoms with van der Waals surface area (Å²) in [7, 11) is -2.18. The Bertz CT molecular complexity index is 1580. The number of anilines is 3. The third kappa shape index (κ3) is 4.75. The molecule has 0 bridgehead atoms. The van der Waals surface area contributed by atoms with Crippen molar-refractivity contribution < 1.29 is 13.2 Å². The van der Waals surface area contributed by atoms with Gasteiger partial charge in [0.1, 0.15) is 41.0 Å². The van der Waals surface area contributed by atoms with E-state index in [2.05, 4.69) is 30.1 Å². The maximum absolute atomic E-state index is 11.9. The van der Waals surface area contributed by atoms with E-state index in [0.717, 1.165) is 17.3 Å². The topological polar surface area (TPSA) is 186 Å². The summed E-state index contributed by atoms with van der Waals surface area (Å²) in [6.45, 7) is 3.72. The van der Waals surface area contributed by atoms with Crippen molar-refractivity contribution in [2.75, 3.05) is 29.1 Å². The lowest BCUT2D eigenvalue weighted by molar-refractivity contribution is 0.400. The molecule has 0 aliphatic carbocycles. The van der Waals surface area contributed by atoms with Crippen LogP contribution in [-0.4, -0.2) is 51.3 Å². The molecule has 0 amide bonds. The second-order valence-corrected chi connectivity index (χ2v) is 9.47. The largest absolute Gasteiger partial charge is 0.480 e. The maximum Gasteiger partial charge on any atom is 0.238 e. The zero-order valence-corrected chi connectivity index (χ0v) is 20.1. The first kappa shape index (κ1) is 23.6. The fraction of sp³-hybridized carbons (Fsp3) is 0.238. The highest BCUT2D eigenvalue weighted by Gasteiger charge is 2.20. The highest BCUT2D eigenvalue weighted by atomic mass is 32.2. The fourth-order valence-corrected chi connectivity index (χ4v) is 4.03. The number of rotatable bonds is 7. The first-order valence-corrected chi connectivity index (χ1v) is 12.2. The number of aryl methyl sites for hydroxylation is 1. The molecule has 0 saturated heterocycles. The Morgan fingerprint density at radius 2 is 2.06 bits per heavy atom. The van der Waals surface area contributed by atoms with Crippen LogP contribution in [0.4, 0.5) is 17.3 Å². The van der Waals surface area contributed by atoms with Crippen molar-refractivity contribution in [3.05, 3.63) is 47.8 Å². The molecule has 13 nitrogen and oxygen atoms in total. The molecule has 4 heterocycles. The molecular formula is C21H22N10O3S. The summed E-state index contributed by atoms with van der Waals surface area (Å²) in [6.07, 6.45) is 5.64. The van der Waals surface area contributed by atoms with Crippen LogP contribution < -0.4 is 20.5 Å². The lowest BCUT2D eigenvalue weighted by atomic mass is 10.1. The van der Waals surface area contributed by atoms with E-state index in [0.29, 0.717) is 17.1 Å². The smallest absolute Gasteiger partial charge is 0.238 e. The van der Waals surface area contributed by atoms with Crippen molar-refractivity contribution in [2.45, 2.75) is 19.9 Å². The van der Waals surface area contributed by atoms with Crippen LogP contribution >= 0.6 is 0 Å². The van der Waals surface area contributed by atoms with Gasteiger partial charge in [0.25, 0.3) is 0 Å². The average molecular weight is 495 g/mol. The van der Waals surface area contributed by atoms with Crippen LogP contribution in [0.2, 0.25) is 0 Å². The minimum atomic E-state index is -3.58. The van der Waals surface area contributed by atoms with E-state index < -0.39 is 16.1 Å². The monoisotopic (exact) mass is 494 g/mol. The van der Waals surface area contributed by atoms with Gasteiger partial charge in [-0.3, -0.25) is 4.72 Å². The first-order valence-electron chi connectivity index (χ1n) is 10.3. The number of sulfonamides is 1. The minimum absolute atomic E-state index is 0.0607. The van der Waals surface area contributed by atoms with Crippen LogP contribution in [0.1, 0.15) is 29.9 Å². The predicted octanol–water partition coefficient (Wildman–Crippen LogP) is 1.90. The van der Waals surface area contributed by atoms with Gasteiger partial charge in [-0.1, -0.05) is 0 Å². The summed E-state index contributed by atoms with van der Waals surface area (Å²) in [4.78, 5) is 17.0. The number of ether oxygens (including phenoxy) is 1. The predicted molar refractivity (Wildman–Crippen MR) is 129 cm³/mol. The second-order valence-electron chi connectivity index (χ2n) is 7.73. The number of nitrogens with one attached hydrogen (secondary N) is 2. The summed E-state index contributed by atoms with van der Waals surface area (Å²) in [5.74, 6) is 0.826. The molecule has 0 aliphatic rings. The van der Waals surface area contributed by atoms with E-state index in [1.54, 1.807) is 23.0 Å². The number of hydrogen-bond donors (Lipinski definition) is 3. The van der Waals surface area contributed by atoms with Gasteiger partial charge in [0.15, 0.2) is 5.82 Å². The van der Waals surface area contributed by atoms with Crippen molar-refractivity contribution in [1.82, 2.24) is 29.5 Å². The van der Waals surface area contributed by atoms with Gasteiger partial charge in [0.05, 0.1) is 24.9 Å². The van der Waals surface area contributed by atoms with Gasteiger partial charge in [-0.25, -0.2) is 32.9 Å². The Kier molecular flexibility index (Phi) is 6.10. The summed E-state index contributed by atoms with van der Waals surface area (Å²) in [5, 5.41) is 17.1. The number of fused-ring (bicyclic) bond motifs is 1. The molecule has 0 radical (unpaired) electrons. The van der Waals surface area contributed by atoms with E-state index in [1.807, 2.05) is 26.0 Å². The standard InChI is InChI=1S/C21H22N10O3S/c1-11-5-6-31-17(11)16(13-7-15(30-35(4,32)33)21(34-3)24-9-13)28-19(29-31)12(2)27-20-14(8-22)18(23)25-10-26-20/h5-7,9-10,12,30H,1-4H3,(H3,23,25,26,27)/t12-/m0/s1. The maximum atomic E-state index is 11.9. The van der Waals surface area contributed by atoms with E-state index >= 15 is 0 Å². The molecule has 4 rings (SSSR count). The van der Waals surface area contributed by atoms with Gasteiger partial charge in [0, 0.05) is 18.0 Å². The normalized spacial score (nSPS) is 12.2. The molecule has 4 aromatic heterocycles. The Morgan fingerprint density at radius 1 is 1.29 bits per heavy atom. The number of methoxy groups -OCH3 is 1. The van der Waals surface area contributed by atoms with E-state index in [1.165, 1.54) is 13.4 Å². The molecule has 0 unspecified atom stereocenters. The number of nitriles is 1. The van der Waals surface area contributed by atoms with E-state index in [-0.39, 0.29) is 28.8 Å². The molecule has 14 heteroatoms. The molecule has 0 aromatic carbocycles. The second kappa shape index (κ2) is 9.03. The third-order valence-corrected chi connectivity index (χ3v) is 5.66. The molecule has 0 fully saturated rings. The van der Waals surface area contributed by atoms with Gasteiger partial charge < -0.3 is 15.8 Å². The number of nitrogens with zero attached hydrogens (tertiary/aromatic N) is 7. The Balaban J connectivity index is 1.83. The highest BCUT2D eigenvalue weighted by Crippen LogP contribution is 2.32. The lowest BCUT2D eigenvalue weighted by Gasteiger charge is -2.17. The lowest BCUT2D eigenvalue weighted by Crippen LogP contribution is -2.16. The Morgan fingerprint density at radius 3 is 2.74 bits per heavy atom. The average Bonchev–Trinajstić information content (AvgIpc) is 3.18. The van der Waals surface area contributed by atoms with Gasteiger partial charge in [-0.15, -0.1) is 0 Å². The Hall–Kier alpha value is -4.51. The summed E-state index contributed by atoms with van der Waals surface area (Å²) >= 11 is 0. The molecule has 0 aliphatic heterocycles. The van der Waals surface area contributed by atoms with Crippen molar-refractivity contribution in [1.29, 1.82) is 5.26 Å². The van der Waals surface area contributed by atoms with Gasteiger partial charge in [-0.2, -0.15) is 10.4 Å². The van der Waals surface area contributed by atoms with Crippen LogP contribution in [-0.2, 0) is 10.0 Å². The number of nitrogens with two attached hydrogens (primary N) is 1. The highest BCUT2D eigenvalue weighted by molar-refractivity contribution is 7.92. The SMILES string of the molecule is COc1ncc(-c2nc([C@H](C)Nc3ncnc(N)c3C#N)nn3ccc(C)c23)cc1NS(C)(=O)=O.